The number of nitrogens with one attached hydrogen (secondary N) is 1. The summed E-state index contributed by atoms with van der Waals surface area (Å²) < 4.78 is 0. The van der Waals surface area contributed by atoms with Crippen molar-refractivity contribution in [1.29, 1.82) is 0 Å². The smallest absolute Gasteiger partial charge is 0.257 e. The first-order valence-electron chi connectivity index (χ1n) is 8.75. The number of carbonyl (C=O) groups is 2. The Morgan fingerprint density at radius 2 is 2.12 bits per heavy atom. The average Bonchev–Trinajstić information content (AvgIpc) is 3.14. The highest BCUT2D eigenvalue weighted by Gasteiger charge is 2.38. The number of anilines is 1. The lowest BCUT2D eigenvalue weighted by atomic mass is 10.0. The number of amides is 2. The number of hydrogen-bond acceptors (Lipinski definition) is 3. The molecule has 0 saturated carbocycles. The van der Waals surface area contributed by atoms with Crippen LogP contribution in [0.25, 0.3) is 0 Å². The van der Waals surface area contributed by atoms with Gasteiger partial charge in [0.05, 0.1) is 11.3 Å². The van der Waals surface area contributed by atoms with Gasteiger partial charge in [-0.05, 0) is 48.7 Å². The summed E-state index contributed by atoms with van der Waals surface area (Å²) >= 11 is 5.98. The summed E-state index contributed by atoms with van der Waals surface area (Å²) in [5.74, 6) is -0.103. The molecule has 6 heteroatoms. The molecule has 1 N–H and O–H groups in total. The highest BCUT2D eigenvalue weighted by Crippen LogP contribution is 2.35. The molecule has 2 amide bonds. The average molecular weight is 370 g/mol. The van der Waals surface area contributed by atoms with E-state index in [1.165, 1.54) is 0 Å². The van der Waals surface area contributed by atoms with Crippen LogP contribution in [0.5, 0.6) is 0 Å². The second-order valence-corrected chi connectivity index (χ2v) is 7.21. The molecule has 2 aromatic rings. The Labute approximate surface area is 157 Å². The SMILES string of the molecule is CN1c2cc(C(=O)NCc3cccc(Cl)c3)ccc2C(=O)N2CCC[C@@H]21. The van der Waals surface area contributed by atoms with Crippen molar-refractivity contribution in [3.8, 4) is 0 Å². The lowest BCUT2D eigenvalue weighted by molar-refractivity contribution is 0.0719. The standard InChI is InChI=1S/C20H20ClN3O2/c1-23-17-11-14(19(25)22-12-13-4-2-5-15(21)10-13)7-8-16(17)20(26)24-9-3-6-18(23)24/h2,4-5,7-8,10-11,18H,3,6,9,12H2,1H3,(H,22,25)/t18-/m1/s1. The number of halogens is 1. The van der Waals surface area contributed by atoms with E-state index in [1.54, 1.807) is 18.2 Å². The van der Waals surface area contributed by atoms with E-state index < -0.39 is 0 Å². The number of benzene rings is 2. The number of rotatable bonds is 3. The molecule has 2 aromatic carbocycles. The van der Waals surface area contributed by atoms with Crippen molar-refractivity contribution < 1.29 is 9.59 Å². The Bertz CT molecular complexity index is 883. The first-order chi connectivity index (χ1) is 12.5. The molecule has 0 aliphatic carbocycles. The normalized spacial score (nSPS) is 18.5. The molecule has 26 heavy (non-hydrogen) atoms. The molecule has 1 atom stereocenters. The van der Waals surface area contributed by atoms with Gasteiger partial charge in [0.15, 0.2) is 0 Å². The van der Waals surface area contributed by atoms with Gasteiger partial charge in [0.25, 0.3) is 11.8 Å². The van der Waals surface area contributed by atoms with Crippen LogP contribution < -0.4 is 10.2 Å². The predicted molar refractivity (Wildman–Crippen MR) is 102 cm³/mol. The monoisotopic (exact) mass is 369 g/mol. The summed E-state index contributed by atoms with van der Waals surface area (Å²) in [6, 6.07) is 12.7. The van der Waals surface area contributed by atoms with Gasteiger partial charge >= 0.3 is 0 Å². The van der Waals surface area contributed by atoms with Gasteiger partial charge in [-0.1, -0.05) is 23.7 Å². The summed E-state index contributed by atoms with van der Waals surface area (Å²) in [6.45, 7) is 1.21. The zero-order chi connectivity index (χ0) is 18.3. The summed E-state index contributed by atoms with van der Waals surface area (Å²) in [6.07, 6.45) is 2.08. The van der Waals surface area contributed by atoms with Crippen molar-refractivity contribution in [3.05, 3.63) is 64.2 Å². The topological polar surface area (TPSA) is 52.7 Å². The molecule has 4 rings (SSSR count). The highest BCUT2D eigenvalue weighted by atomic mass is 35.5. The van der Waals surface area contributed by atoms with E-state index in [0.717, 1.165) is 30.6 Å². The predicted octanol–water partition coefficient (Wildman–Crippen LogP) is 3.28. The second-order valence-electron chi connectivity index (χ2n) is 6.78. The van der Waals surface area contributed by atoms with E-state index in [0.29, 0.717) is 22.7 Å². The van der Waals surface area contributed by atoms with Crippen molar-refractivity contribution in [3.63, 3.8) is 0 Å². The quantitative estimate of drug-likeness (QED) is 0.903. The van der Waals surface area contributed by atoms with Gasteiger partial charge in [0, 0.05) is 30.7 Å². The maximum Gasteiger partial charge on any atom is 0.257 e. The van der Waals surface area contributed by atoms with Crippen molar-refractivity contribution >= 4 is 29.1 Å². The molecule has 1 fully saturated rings. The van der Waals surface area contributed by atoms with E-state index in [2.05, 4.69) is 10.2 Å². The van der Waals surface area contributed by atoms with Crippen LogP contribution in [0.1, 0.15) is 39.1 Å². The largest absolute Gasteiger partial charge is 0.354 e. The van der Waals surface area contributed by atoms with Gasteiger partial charge in [-0.3, -0.25) is 9.59 Å². The Hall–Kier alpha value is -2.53. The summed E-state index contributed by atoms with van der Waals surface area (Å²) in [4.78, 5) is 29.2. The third-order valence-electron chi connectivity index (χ3n) is 5.14. The Balaban J connectivity index is 1.54. The molecule has 1 saturated heterocycles. The molecule has 2 heterocycles. The van der Waals surface area contributed by atoms with Gasteiger partial charge in [0.2, 0.25) is 0 Å². The zero-order valence-electron chi connectivity index (χ0n) is 14.5. The molecule has 5 nitrogen and oxygen atoms in total. The maximum absolute atomic E-state index is 12.7. The fourth-order valence-electron chi connectivity index (χ4n) is 3.78. The fraction of sp³-hybridized carbons (Fsp3) is 0.300. The first-order valence-corrected chi connectivity index (χ1v) is 9.13. The molecule has 0 unspecified atom stereocenters. The van der Waals surface area contributed by atoms with Crippen LogP contribution >= 0.6 is 11.6 Å². The van der Waals surface area contributed by atoms with E-state index >= 15 is 0 Å². The van der Waals surface area contributed by atoms with E-state index in [4.69, 9.17) is 11.6 Å². The van der Waals surface area contributed by atoms with Gasteiger partial charge in [-0.15, -0.1) is 0 Å². The van der Waals surface area contributed by atoms with Crippen LogP contribution in [0.3, 0.4) is 0 Å². The second kappa shape index (κ2) is 6.65. The molecule has 0 radical (unpaired) electrons. The van der Waals surface area contributed by atoms with Crippen molar-refractivity contribution in [2.75, 3.05) is 18.5 Å². The Morgan fingerprint density at radius 3 is 2.92 bits per heavy atom. The highest BCUT2D eigenvalue weighted by molar-refractivity contribution is 6.30. The van der Waals surface area contributed by atoms with Crippen LogP contribution in [0.4, 0.5) is 5.69 Å². The van der Waals surface area contributed by atoms with Crippen LogP contribution in [0, 0.1) is 0 Å². The summed E-state index contributed by atoms with van der Waals surface area (Å²) in [7, 11) is 1.99. The van der Waals surface area contributed by atoms with Gasteiger partial charge in [-0.2, -0.15) is 0 Å². The van der Waals surface area contributed by atoms with E-state index in [-0.39, 0.29) is 18.0 Å². The third-order valence-corrected chi connectivity index (χ3v) is 5.38. The third kappa shape index (κ3) is 2.92. The minimum atomic E-state index is -0.164. The van der Waals surface area contributed by atoms with E-state index in [1.807, 2.05) is 36.2 Å². The molecule has 0 aromatic heterocycles. The minimum absolute atomic E-state index is 0.0616. The van der Waals surface area contributed by atoms with Crippen molar-refractivity contribution in [2.45, 2.75) is 25.6 Å². The summed E-state index contributed by atoms with van der Waals surface area (Å²) in [5, 5.41) is 3.56. The van der Waals surface area contributed by atoms with Gasteiger partial charge < -0.3 is 15.1 Å². The molecule has 2 aliphatic rings. The van der Waals surface area contributed by atoms with Gasteiger partial charge in [0.1, 0.15) is 6.17 Å². The van der Waals surface area contributed by atoms with Crippen molar-refractivity contribution in [2.24, 2.45) is 0 Å². The zero-order valence-corrected chi connectivity index (χ0v) is 15.3. The van der Waals surface area contributed by atoms with E-state index in [9.17, 15) is 9.59 Å². The molecular weight excluding hydrogens is 350 g/mol. The lowest BCUT2D eigenvalue weighted by Crippen LogP contribution is -2.50. The first kappa shape index (κ1) is 16.9. The van der Waals surface area contributed by atoms with Crippen LogP contribution in [-0.2, 0) is 6.54 Å². The number of hydrogen-bond donors (Lipinski definition) is 1. The number of nitrogens with zero attached hydrogens (tertiary/aromatic N) is 2. The van der Waals surface area contributed by atoms with Crippen LogP contribution in [-0.4, -0.2) is 36.5 Å². The molecule has 2 aliphatic heterocycles. The number of fused-ring (bicyclic) bond motifs is 2. The number of carbonyl (C=O) groups excluding carboxylic acids is 2. The fourth-order valence-corrected chi connectivity index (χ4v) is 3.99. The van der Waals surface area contributed by atoms with Crippen LogP contribution in [0.15, 0.2) is 42.5 Å². The summed E-state index contributed by atoms with van der Waals surface area (Å²) in [5.41, 5.74) is 2.99. The molecule has 134 valence electrons. The molecule has 0 bridgehead atoms. The maximum atomic E-state index is 12.7. The Morgan fingerprint density at radius 1 is 1.27 bits per heavy atom. The van der Waals surface area contributed by atoms with Crippen LogP contribution in [0.2, 0.25) is 5.02 Å². The lowest BCUT2D eigenvalue weighted by Gasteiger charge is -2.40. The Kier molecular flexibility index (Phi) is 4.32. The minimum Gasteiger partial charge on any atom is -0.354 e. The molecular formula is C20H20ClN3O2. The van der Waals surface area contributed by atoms with Gasteiger partial charge in [-0.25, -0.2) is 0 Å². The molecule has 0 spiro atoms. The van der Waals surface area contributed by atoms with Crippen molar-refractivity contribution in [1.82, 2.24) is 10.2 Å².